The van der Waals surface area contributed by atoms with E-state index in [0.717, 1.165) is 0 Å². The van der Waals surface area contributed by atoms with E-state index in [1.54, 1.807) is 0 Å². The topological polar surface area (TPSA) is 95.7 Å². The van der Waals surface area contributed by atoms with Crippen LogP contribution in [0.5, 0.6) is 0 Å². The van der Waals surface area contributed by atoms with Gasteiger partial charge in [-0.3, -0.25) is 10.1 Å². The lowest BCUT2D eigenvalue weighted by Gasteiger charge is -2.21. The Balaban J connectivity index is 2.83. The van der Waals surface area contributed by atoms with Crippen LogP contribution in [0.1, 0.15) is 24.2 Å². The SMILES string of the molecule is CC(C)N(C)CCNc1cc([N+](=O)[O-])ccc1C(=O)O. The molecule has 110 valence electrons. The number of carboxylic acids is 1. The summed E-state index contributed by atoms with van der Waals surface area (Å²) >= 11 is 0. The van der Waals surface area contributed by atoms with E-state index < -0.39 is 10.9 Å². The highest BCUT2D eigenvalue weighted by atomic mass is 16.6. The van der Waals surface area contributed by atoms with Crippen LogP contribution in [-0.2, 0) is 0 Å². The Morgan fingerprint density at radius 1 is 1.50 bits per heavy atom. The van der Waals surface area contributed by atoms with Crippen LogP contribution in [0.3, 0.4) is 0 Å². The first-order valence-corrected chi connectivity index (χ1v) is 6.28. The monoisotopic (exact) mass is 281 g/mol. The highest BCUT2D eigenvalue weighted by Crippen LogP contribution is 2.22. The molecule has 2 N–H and O–H groups in total. The summed E-state index contributed by atoms with van der Waals surface area (Å²) in [4.78, 5) is 23.4. The van der Waals surface area contributed by atoms with Crippen molar-refractivity contribution >= 4 is 17.3 Å². The normalized spacial score (nSPS) is 10.8. The number of nitrogens with one attached hydrogen (secondary N) is 1. The number of nitro groups is 1. The highest BCUT2D eigenvalue weighted by Gasteiger charge is 2.15. The maximum absolute atomic E-state index is 11.1. The average molecular weight is 281 g/mol. The Morgan fingerprint density at radius 3 is 2.65 bits per heavy atom. The molecule has 0 saturated carbocycles. The third-order valence-corrected chi connectivity index (χ3v) is 3.11. The minimum atomic E-state index is -1.11. The van der Waals surface area contributed by atoms with E-state index >= 15 is 0 Å². The van der Waals surface area contributed by atoms with Gasteiger partial charge in [0.1, 0.15) is 0 Å². The van der Waals surface area contributed by atoms with Gasteiger partial charge in [0.2, 0.25) is 0 Å². The number of likely N-dealkylation sites (N-methyl/N-ethyl adjacent to an activating group) is 1. The number of rotatable bonds is 7. The lowest BCUT2D eigenvalue weighted by molar-refractivity contribution is -0.384. The lowest BCUT2D eigenvalue weighted by Crippen LogP contribution is -2.31. The van der Waals surface area contributed by atoms with Crippen molar-refractivity contribution in [2.75, 3.05) is 25.5 Å². The van der Waals surface area contributed by atoms with Gasteiger partial charge in [-0.1, -0.05) is 0 Å². The molecule has 0 saturated heterocycles. The second kappa shape index (κ2) is 6.85. The maximum atomic E-state index is 11.1. The van der Waals surface area contributed by atoms with Crippen molar-refractivity contribution < 1.29 is 14.8 Å². The van der Waals surface area contributed by atoms with E-state index in [0.29, 0.717) is 19.1 Å². The lowest BCUT2D eigenvalue weighted by atomic mass is 10.1. The molecule has 1 rings (SSSR count). The molecule has 0 radical (unpaired) electrons. The van der Waals surface area contributed by atoms with E-state index in [4.69, 9.17) is 5.11 Å². The fourth-order valence-corrected chi connectivity index (χ4v) is 1.60. The second-order valence-corrected chi connectivity index (χ2v) is 4.79. The molecule has 1 aromatic carbocycles. The van der Waals surface area contributed by atoms with Crippen molar-refractivity contribution in [3.8, 4) is 0 Å². The van der Waals surface area contributed by atoms with Gasteiger partial charge in [0, 0.05) is 31.3 Å². The molecule has 7 nitrogen and oxygen atoms in total. The number of hydrogen-bond donors (Lipinski definition) is 2. The van der Waals surface area contributed by atoms with Crippen LogP contribution in [0.25, 0.3) is 0 Å². The number of aromatic carboxylic acids is 1. The summed E-state index contributed by atoms with van der Waals surface area (Å²) < 4.78 is 0. The van der Waals surface area contributed by atoms with Crippen LogP contribution in [0.2, 0.25) is 0 Å². The smallest absolute Gasteiger partial charge is 0.337 e. The van der Waals surface area contributed by atoms with Crippen molar-refractivity contribution in [1.29, 1.82) is 0 Å². The van der Waals surface area contributed by atoms with Gasteiger partial charge in [-0.25, -0.2) is 4.79 Å². The zero-order chi connectivity index (χ0) is 15.3. The summed E-state index contributed by atoms with van der Waals surface area (Å²) in [6, 6.07) is 4.06. The molecule has 0 amide bonds. The number of nitrogens with zero attached hydrogens (tertiary/aromatic N) is 2. The number of carbonyl (C=O) groups is 1. The Bertz CT molecular complexity index is 502. The van der Waals surface area contributed by atoms with Crippen molar-refractivity contribution in [3.63, 3.8) is 0 Å². The summed E-state index contributed by atoms with van der Waals surface area (Å²) in [6.07, 6.45) is 0. The standard InChI is InChI=1S/C13H19N3O4/c1-9(2)15(3)7-6-14-12-8-10(16(19)20)4-5-11(12)13(17)18/h4-5,8-9,14H,6-7H2,1-3H3,(H,17,18). The molecule has 7 heteroatoms. The van der Waals surface area contributed by atoms with E-state index in [1.165, 1.54) is 18.2 Å². The Hall–Kier alpha value is -2.15. The number of benzene rings is 1. The number of nitro benzene ring substituents is 1. The molecule has 20 heavy (non-hydrogen) atoms. The molecule has 0 unspecified atom stereocenters. The van der Waals surface area contributed by atoms with E-state index in [2.05, 4.69) is 24.1 Å². The van der Waals surface area contributed by atoms with Crippen LogP contribution < -0.4 is 5.32 Å². The molecule has 0 aliphatic rings. The number of hydrogen-bond acceptors (Lipinski definition) is 5. The van der Waals surface area contributed by atoms with Crippen LogP contribution in [0, 0.1) is 10.1 Å². The van der Waals surface area contributed by atoms with E-state index in [1.807, 2.05) is 7.05 Å². The maximum Gasteiger partial charge on any atom is 0.337 e. The predicted molar refractivity (Wildman–Crippen MR) is 76.3 cm³/mol. The minimum absolute atomic E-state index is 0.0304. The Kier molecular flexibility index (Phi) is 5.45. The summed E-state index contributed by atoms with van der Waals surface area (Å²) in [5.74, 6) is -1.11. The first-order chi connectivity index (χ1) is 9.32. The molecule has 0 aromatic heterocycles. The molecular formula is C13H19N3O4. The van der Waals surface area contributed by atoms with E-state index in [-0.39, 0.29) is 16.9 Å². The molecule has 0 aliphatic carbocycles. The number of non-ortho nitro benzene ring substituents is 1. The molecule has 0 heterocycles. The van der Waals surface area contributed by atoms with Crippen LogP contribution in [0.15, 0.2) is 18.2 Å². The van der Waals surface area contributed by atoms with Crippen LogP contribution >= 0.6 is 0 Å². The molecule has 1 aromatic rings. The van der Waals surface area contributed by atoms with Crippen molar-refractivity contribution in [2.24, 2.45) is 0 Å². The Morgan fingerprint density at radius 2 is 2.15 bits per heavy atom. The molecule has 0 aliphatic heterocycles. The van der Waals surface area contributed by atoms with Crippen molar-refractivity contribution in [3.05, 3.63) is 33.9 Å². The van der Waals surface area contributed by atoms with Gasteiger partial charge in [-0.15, -0.1) is 0 Å². The minimum Gasteiger partial charge on any atom is -0.478 e. The fraction of sp³-hybridized carbons (Fsp3) is 0.462. The van der Waals surface area contributed by atoms with Crippen molar-refractivity contribution in [2.45, 2.75) is 19.9 Å². The first kappa shape index (κ1) is 15.9. The van der Waals surface area contributed by atoms with Gasteiger partial charge in [-0.05, 0) is 27.0 Å². The first-order valence-electron chi connectivity index (χ1n) is 6.28. The quantitative estimate of drug-likeness (QED) is 0.586. The average Bonchev–Trinajstić information content (AvgIpc) is 2.37. The third kappa shape index (κ3) is 4.20. The molecule has 0 atom stereocenters. The molecule has 0 spiro atoms. The highest BCUT2D eigenvalue weighted by molar-refractivity contribution is 5.94. The van der Waals surface area contributed by atoms with Crippen LogP contribution in [-0.4, -0.2) is 47.1 Å². The van der Waals surface area contributed by atoms with Gasteiger partial charge in [0.15, 0.2) is 0 Å². The summed E-state index contributed by atoms with van der Waals surface area (Å²) in [5, 5.41) is 22.7. The molecule has 0 fully saturated rings. The van der Waals surface area contributed by atoms with Crippen molar-refractivity contribution in [1.82, 2.24) is 4.90 Å². The Labute approximate surface area is 117 Å². The molecular weight excluding hydrogens is 262 g/mol. The fourth-order valence-electron chi connectivity index (χ4n) is 1.60. The van der Waals surface area contributed by atoms with Gasteiger partial charge in [-0.2, -0.15) is 0 Å². The zero-order valence-electron chi connectivity index (χ0n) is 11.8. The summed E-state index contributed by atoms with van der Waals surface area (Å²) in [6.45, 7) is 5.32. The molecule has 0 bridgehead atoms. The summed E-state index contributed by atoms with van der Waals surface area (Å²) in [7, 11) is 1.96. The van der Waals surface area contributed by atoms with E-state index in [9.17, 15) is 14.9 Å². The van der Waals surface area contributed by atoms with Gasteiger partial charge in [0.25, 0.3) is 5.69 Å². The number of anilines is 1. The van der Waals surface area contributed by atoms with Gasteiger partial charge < -0.3 is 15.3 Å². The second-order valence-electron chi connectivity index (χ2n) is 4.79. The number of carboxylic acid groups (broad SMARTS) is 1. The van der Waals surface area contributed by atoms with Gasteiger partial charge >= 0.3 is 5.97 Å². The predicted octanol–water partition coefficient (Wildman–Crippen LogP) is 2.05. The summed E-state index contributed by atoms with van der Waals surface area (Å²) in [5.41, 5.74) is 0.168. The van der Waals surface area contributed by atoms with Gasteiger partial charge in [0.05, 0.1) is 16.2 Å². The van der Waals surface area contributed by atoms with Crippen LogP contribution in [0.4, 0.5) is 11.4 Å². The zero-order valence-corrected chi connectivity index (χ0v) is 11.8. The largest absolute Gasteiger partial charge is 0.478 e. The third-order valence-electron chi connectivity index (χ3n) is 3.11.